The van der Waals surface area contributed by atoms with E-state index in [-0.39, 0.29) is 0 Å². The Morgan fingerprint density at radius 1 is 1.23 bits per heavy atom. The molecule has 0 radical (unpaired) electrons. The molecule has 22 heavy (non-hydrogen) atoms. The van der Waals surface area contributed by atoms with E-state index in [9.17, 15) is 18.0 Å². The van der Waals surface area contributed by atoms with Crippen LogP contribution in [-0.2, 0) is 19.4 Å². The molecule has 122 valence electrons. The predicted molar refractivity (Wildman–Crippen MR) is 80.6 cm³/mol. The molecular formula is C13H18N2O6S. The van der Waals surface area contributed by atoms with Gasteiger partial charge in [-0.2, -0.15) is 0 Å². The van der Waals surface area contributed by atoms with Crippen LogP contribution in [0.5, 0.6) is 11.5 Å². The summed E-state index contributed by atoms with van der Waals surface area (Å²) >= 11 is 0. The highest BCUT2D eigenvalue weighted by Gasteiger charge is 2.28. The third-order valence-electron chi connectivity index (χ3n) is 2.94. The molecule has 1 aromatic carbocycles. The van der Waals surface area contributed by atoms with E-state index in [1.165, 1.54) is 26.4 Å². The van der Waals surface area contributed by atoms with E-state index in [4.69, 9.17) is 15.2 Å². The van der Waals surface area contributed by atoms with Crippen LogP contribution in [0.3, 0.4) is 0 Å². The quantitative estimate of drug-likeness (QED) is 0.721. The van der Waals surface area contributed by atoms with Crippen LogP contribution in [0.2, 0.25) is 0 Å². The molecule has 1 rings (SSSR count). The van der Waals surface area contributed by atoms with Gasteiger partial charge >= 0.3 is 0 Å². The van der Waals surface area contributed by atoms with Gasteiger partial charge in [0.1, 0.15) is 11.0 Å². The average Bonchev–Trinajstić information content (AvgIpc) is 2.45. The third-order valence-corrected chi connectivity index (χ3v) is 4.91. The molecule has 0 spiro atoms. The standard InChI is InChI=1S/C13H18N2O6S/c1-8(13(14)17)22(18,19)7-12(16)15-9-4-5-10(20-2)11(6-9)21-3/h4-6,8H,7H2,1-3H3,(H2,14,17)(H,15,16). The van der Waals surface area contributed by atoms with Gasteiger partial charge in [-0.25, -0.2) is 8.42 Å². The van der Waals surface area contributed by atoms with Gasteiger partial charge in [0.15, 0.2) is 21.3 Å². The number of anilines is 1. The summed E-state index contributed by atoms with van der Waals surface area (Å²) in [5.41, 5.74) is 5.28. The second-order valence-electron chi connectivity index (χ2n) is 4.47. The normalized spacial score (nSPS) is 12.3. The SMILES string of the molecule is COc1ccc(NC(=O)CS(=O)(=O)C(C)C(N)=O)cc1OC. The second kappa shape index (κ2) is 7.12. The number of nitrogens with one attached hydrogen (secondary N) is 1. The zero-order valence-electron chi connectivity index (χ0n) is 12.5. The van der Waals surface area contributed by atoms with Gasteiger partial charge in [0.05, 0.1) is 14.2 Å². The van der Waals surface area contributed by atoms with Crippen molar-refractivity contribution in [1.29, 1.82) is 0 Å². The van der Waals surface area contributed by atoms with Crippen molar-refractivity contribution < 1.29 is 27.5 Å². The number of carbonyl (C=O) groups excluding carboxylic acids is 2. The Balaban J connectivity index is 2.84. The van der Waals surface area contributed by atoms with Crippen molar-refractivity contribution in [2.75, 3.05) is 25.3 Å². The molecule has 0 saturated heterocycles. The molecule has 3 N–H and O–H groups in total. The van der Waals surface area contributed by atoms with Gasteiger partial charge in [-0.3, -0.25) is 9.59 Å². The van der Waals surface area contributed by atoms with E-state index in [1.807, 2.05) is 0 Å². The van der Waals surface area contributed by atoms with Gasteiger partial charge in [0, 0.05) is 11.8 Å². The summed E-state index contributed by atoms with van der Waals surface area (Å²) in [6.45, 7) is 1.14. The van der Waals surface area contributed by atoms with Crippen molar-refractivity contribution in [3.63, 3.8) is 0 Å². The third kappa shape index (κ3) is 4.35. The number of nitrogens with two attached hydrogens (primary N) is 1. The lowest BCUT2D eigenvalue weighted by Gasteiger charge is -2.12. The van der Waals surface area contributed by atoms with Gasteiger partial charge < -0.3 is 20.5 Å². The first-order chi connectivity index (χ1) is 10.2. The van der Waals surface area contributed by atoms with Crippen LogP contribution in [0.4, 0.5) is 5.69 Å². The molecular weight excluding hydrogens is 312 g/mol. The molecule has 0 fully saturated rings. The maximum absolute atomic E-state index is 11.8. The number of amides is 2. The Kier molecular flexibility index (Phi) is 5.75. The molecule has 9 heteroatoms. The van der Waals surface area contributed by atoms with Crippen LogP contribution in [0.15, 0.2) is 18.2 Å². The second-order valence-corrected chi connectivity index (χ2v) is 6.79. The summed E-state index contributed by atoms with van der Waals surface area (Å²) in [6.07, 6.45) is 0. The fraction of sp³-hybridized carbons (Fsp3) is 0.385. The van der Waals surface area contributed by atoms with Crippen molar-refractivity contribution in [3.8, 4) is 11.5 Å². The average molecular weight is 330 g/mol. The zero-order chi connectivity index (χ0) is 16.9. The maximum atomic E-state index is 11.8. The fourth-order valence-corrected chi connectivity index (χ4v) is 2.64. The minimum absolute atomic E-state index is 0.338. The summed E-state index contributed by atoms with van der Waals surface area (Å²) in [6, 6.07) is 4.58. The number of sulfone groups is 1. The summed E-state index contributed by atoms with van der Waals surface area (Å²) in [5, 5.41) is 0.985. The topological polar surface area (TPSA) is 125 Å². The monoisotopic (exact) mass is 330 g/mol. The molecule has 0 aliphatic carbocycles. The van der Waals surface area contributed by atoms with Gasteiger partial charge in [-0.15, -0.1) is 0 Å². The molecule has 0 saturated carbocycles. The molecule has 0 aliphatic rings. The lowest BCUT2D eigenvalue weighted by Crippen LogP contribution is -2.37. The van der Waals surface area contributed by atoms with Crippen molar-refractivity contribution in [2.45, 2.75) is 12.2 Å². The smallest absolute Gasteiger partial charge is 0.239 e. The van der Waals surface area contributed by atoms with Crippen LogP contribution in [-0.4, -0.2) is 45.5 Å². The zero-order valence-corrected chi connectivity index (χ0v) is 13.3. The van der Waals surface area contributed by atoms with Gasteiger partial charge in [-0.1, -0.05) is 0 Å². The molecule has 0 heterocycles. The number of hydrogen-bond donors (Lipinski definition) is 2. The molecule has 2 amide bonds. The largest absolute Gasteiger partial charge is 0.493 e. The predicted octanol–water partition coefficient (Wildman–Crippen LogP) is -0.0691. The van der Waals surface area contributed by atoms with E-state index in [1.54, 1.807) is 6.07 Å². The highest BCUT2D eigenvalue weighted by molar-refractivity contribution is 7.93. The number of methoxy groups -OCH3 is 2. The summed E-state index contributed by atoms with van der Waals surface area (Å²) in [5.74, 6) is -1.77. The first kappa shape index (κ1) is 17.8. The fourth-order valence-electron chi connectivity index (χ4n) is 1.60. The Morgan fingerprint density at radius 2 is 1.82 bits per heavy atom. The molecule has 1 aromatic rings. The lowest BCUT2D eigenvalue weighted by atomic mass is 10.2. The van der Waals surface area contributed by atoms with E-state index in [0.29, 0.717) is 17.2 Å². The molecule has 0 bridgehead atoms. The van der Waals surface area contributed by atoms with Crippen LogP contribution in [0.25, 0.3) is 0 Å². The minimum Gasteiger partial charge on any atom is -0.493 e. The minimum atomic E-state index is -3.95. The first-order valence-electron chi connectivity index (χ1n) is 6.24. The van der Waals surface area contributed by atoms with Crippen LogP contribution in [0.1, 0.15) is 6.92 Å². The van der Waals surface area contributed by atoms with E-state index in [0.717, 1.165) is 6.92 Å². The molecule has 8 nitrogen and oxygen atoms in total. The van der Waals surface area contributed by atoms with E-state index < -0.39 is 32.7 Å². The molecule has 1 atom stereocenters. The Morgan fingerprint density at radius 3 is 2.32 bits per heavy atom. The van der Waals surface area contributed by atoms with Gasteiger partial charge in [0.25, 0.3) is 0 Å². The van der Waals surface area contributed by atoms with Gasteiger partial charge in [0.2, 0.25) is 11.8 Å². The van der Waals surface area contributed by atoms with Crippen molar-refractivity contribution in [2.24, 2.45) is 5.73 Å². The summed E-state index contributed by atoms with van der Waals surface area (Å²) < 4.78 is 33.7. The van der Waals surface area contributed by atoms with Crippen molar-refractivity contribution >= 4 is 27.3 Å². The van der Waals surface area contributed by atoms with Gasteiger partial charge in [-0.05, 0) is 19.1 Å². The molecule has 0 aliphatic heterocycles. The Bertz CT molecular complexity index is 671. The number of rotatable bonds is 7. The number of primary amides is 1. The number of ether oxygens (including phenoxy) is 2. The highest BCUT2D eigenvalue weighted by atomic mass is 32.2. The van der Waals surface area contributed by atoms with Crippen molar-refractivity contribution in [1.82, 2.24) is 0 Å². The Hall–Kier alpha value is -2.29. The first-order valence-corrected chi connectivity index (χ1v) is 7.95. The molecule has 1 unspecified atom stereocenters. The highest BCUT2D eigenvalue weighted by Crippen LogP contribution is 2.29. The van der Waals surface area contributed by atoms with Crippen LogP contribution in [0, 0.1) is 0 Å². The Labute approximate surface area is 128 Å². The number of carbonyl (C=O) groups is 2. The van der Waals surface area contributed by atoms with E-state index >= 15 is 0 Å². The number of benzene rings is 1. The maximum Gasteiger partial charge on any atom is 0.239 e. The van der Waals surface area contributed by atoms with E-state index in [2.05, 4.69) is 5.32 Å². The van der Waals surface area contributed by atoms with Crippen LogP contribution < -0.4 is 20.5 Å². The van der Waals surface area contributed by atoms with Crippen LogP contribution >= 0.6 is 0 Å². The lowest BCUT2D eigenvalue weighted by molar-refractivity contribution is -0.117. The summed E-state index contributed by atoms with van der Waals surface area (Å²) in [7, 11) is -1.05. The van der Waals surface area contributed by atoms with Crippen molar-refractivity contribution in [3.05, 3.63) is 18.2 Å². The number of hydrogen-bond acceptors (Lipinski definition) is 6. The molecule has 0 aromatic heterocycles. The summed E-state index contributed by atoms with van der Waals surface area (Å²) in [4.78, 5) is 22.7.